The molecule has 0 bridgehead atoms. The molecule has 0 radical (unpaired) electrons. The zero-order chi connectivity index (χ0) is 14.0. The third-order valence-corrected chi connectivity index (χ3v) is 3.78. The fraction of sp³-hybridized carbons (Fsp3) is 0.533. The number of likely N-dealkylation sites (tertiary alicyclic amines) is 1. The fourth-order valence-corrected chi connectivity index (χ4v) is 2.78. The van der Waals surface area contributed by atoms with Crippen molar-refractivity contribution in [3.05, 3.63) is 29.1 Å². The monoisotopic (exact) mass is 264 g/mol. The summed E-state index contributed by atoms with van der Waals surface area (Å²) in [5.74, 6) is -0.121. The summed E-state index contributed by atoms with van der Waals surface area (Å²) in [6, 6.07) is 2.99. The summed E-state index contributed by atoms with van der Waals surface area (Å²) in [5.41, 5.74) is 6.67. The standard InChI is InChI=1S/C15H21FN2O/c1-3-4-11-5-6-18(9-11)15(19)13-8-12(17)7-10(2)14(13)16/h7-8,11H,3-6,9,17H2,1-2H3. The summed E-state index contributed by atoms with van der Waals surface area (Å²) >= 11 is 0. The first-order valence-corrected chi connectivity index (χ1v) is 6.87. The number of hydrogen-bond acceptors (Lipinski definition) is 2. The van der Waals surface area contributed by atoms with Crippen LogP contribution in [0.3, 0.4) is 0 Å². The number of anilines is 1. The Morgan fingerprint density at radius 3 is 2.95 bits per heavy atom. The van der Waals surface area contributed by atoms with E-state index in [0.717, 1.165) is 32.4 Å². The highest BCUT2D eigenvalue weighted by Crippen LogP contribution is 2.25. The van der Waals surface area contributed by atoms with E-state index in [-0.39, 0.29) is 11.5 Å². The molecule has 1 amide bonds. The highest BCUT2D eigenvalue weighted by Gasteiger charge is 2.28. The molecule has 1 saturated heterocycles. The Bertz CT molecular complexity index is 487. The Morgan fingerprint density at radius 1 is 1.53 bits per heavy atom. The maximum atomic E-state index is 14.0. The van der Waals surface area contributed by atoms with Crippen LogP contribution < -0.4 is 5.73 Å². The lowest BCUT2D eigenvalue weighted by Crippen LogP contribution is -2.29. The van der Waals surface area contributed by atoms with Gasteiger partial charge in [-0.1, -0.05) is 13.3 Å². The van der Waals surface area contributed by atoms with Crippen LogP contribution in [-0.4, -0.2) is 23.9 Å². The zero-order valence-electron chi connectivity index (χ0n) is 11.6. The van der Waals surface area contributed by atoms with Gasteiger partial charge in [0.1, 0.15) is 5.82 Å². The van der Waals surface area contributed by atoms with Crippen LogP contribution in [0.5, 0.6) is 0 Å². The summed E-state index contributed by atoms with van der Waals surface area (Å²) < 4.78 is 14.0. The Labute approximate surface area is 113 Å². The van der Waals surface area contributed by atoms with Crippen molar-refractivity contribution in [1.82, 2.24) is 4.90 Å². The molecule has 0 saturated carbocycles. The third kappa shape index (κ3) is 2.88. The second-order valence-electron chi connectivity index (χ2n) is 5.39. The first-order chi connectivity index (χ1) is 9.02. The molecule has 1 unspecified atom stereocenters. The average molecular weight is 264 g/mol. The predicted molar refractivity (Wildman–Crippen MR) is 74.5 cm³/mol. The van der Waals surface area contributed by atoms with Crippen molar-refractivity contribution in [1.29, 1.82) is 0 Å². The van der Waals surface area contributed by atoms with Crippen LogP contribution in [0.25, 0.3) is 0 Å². The van der Waals surface area contributed by atoms with Gasteiger partial charge in [-0.15, -0.1) is 0 Å². The number of nitrogens with zero attached hydrogens (tertiary/aromatic N) is 1. The smallest absolute Gasteiger partial charge is 0.256 e. The van der Waals surface area contributed by atoms with Crippen molar-refractivity contribution >= 4 is 11.6 Å². The molecular formula is C15H21FN2O. The maximum absolute atomic E-state index is 14.0. The molecular weight excluding hydrogens is 243 g/mol. The number of nitrogen functional groups attached to an aromatic ring is 1. The number of benzene rings is 1. The molecule has 3 nitrogen and oxygen atoms in total. The minimum absolute atomic E-state index is 0.106. The van der Waals surface area contributed by atoms with E-state index in [1.54, 1.807) is 17.9 Å². The number of rotatable bonds is 3. The largest absolute Gasteiger partial charge is 0.399 e. The molecule has 2 N–H and O–H groups in total. The summed E-state index contributed by atoms with van der Waals surface area (Å²) in [6.07, 6.45) is 3.27. The van der Waals surface area contributed by atoms with Gasteiger partial charge < -0.3 is 10.6 Å². The summed E-state index contributed by atoms with van der Waals surface area (Å²) in [5, 5.41) is 0. The lowest BCUT2D eigenvalue weighted by Gasteiger charge is -2.18. The van der Waals surface area contributed by atoms with Crippen molar-refractivity contribution in [2.75, 3.05) is 18.8 Å². The van der Waals surface area contributed by atoms with Gasteiger partial charge in [0.25, 0.3) is 5.91 Å². The predicted octanol–water partition coefficient (Wildman–Crippen LogP) is 2.98. The van der Waals surface area contributed by atoms with Gasteiger partial charge in [0, 0.05) is 18.8 Å². The second-order valence-corrected chi connectivity index (χ2v) is 5.39. The van der Waals surface area contributed by atoms with E-state index in [4.69, 9.17) is 5.73 Å². The van der Waals surface area contributed by atoms with Crippen molar-refractivity contribution in [3.63, 3.8) is 0 Å². The van der Waals surface area contributed by atoms with Crippen LogP contribution >= 0.6 is 0 Å². The molecule has 0 aromatic heterocycles. The molecule has 0 spiro atoms. The normalized spacial score (nSPS) is 18.9. The van der Waals surface area contributed by atoms with Gasteiger partial charge >= 0.3 is 0 Å². The molecule has 104 valence electrons. The summed E-state index contributed by atoms with van der Waals surface area (Å²) in [6.45, 7) is 5.23. The van der Waals surface area contributed by atoms with Gasteiger partial charge in [-0.2, -0.15) is 0 Å². The topological polar surface area (TPSA) is 46.3 Å². The van der Waals surface area contributed by atoms with E-state index in [1.807, 2.05) is 0 Å². The zero-order valence-corrected chi connectivity index (χ0v) is 11.6. The van der Waals surface area contributed by atoms with Crippen molar-refractivity contribution in [2.45, 2.75) is 33.1 Å². The van der Waals surface area contributed by atoms with E-state index < -0.39 is 5.82 Å². The second kappa shape index (κ2) is 5.59. The quantitative estimate of drug-likeness (QED) is 0.853. The Kier molecular flexibility index (Phi) is 4.08. The molecule has 2 rings (SSSR count). The first-order valence-electron chi connectivity index (χ1n) is 6.87. The molecule has 0 aliphatic carbocycles. The van der Waals surface area contributed by atoms with E-state index in [9.17, 15) is 9.18 Å². The first kappa shape index (κ1) is 13.8. The fourth-order valence-electron chi connectivity index (χ4n) is 2.78. The molecule has 1 heterocycles. The maximum Gasteiger partial charge on any atom is 0.256 e. The molecule has 19 heavy (non-hydrogen) atoms. The molecule has 1 aliphatic rings. The van der Waals surface area contributed by atoms with Gasteiger partial charge in [-0.25, -0.2) is 4.39 Å². The van der Waals surface area contributed by atoms with E-state index in [2.05, 4.69) is 6.92 Å². The number of carbonyl (C=O) groups excluding carboxylic acids is 1. The average Bonchev–Trinajstić information content (AvgIpc) is 2.82. The highest BCUT2D eigenvalue weighted by molar-refractivity contribution is 5.95. The van der Waals surface area contributed by atoms with Crippen molar-refractivity contribution in [3.8, 4) is 0 Å². The third-order valence-electron chi connectivity index (χ3n) is 3.78. The van der Waals surface area contributed by atoms with Gasteiger partial charge in [-0.3, -0.25) is 4.79 Å². The minimum Gasteiger partial charge on any atom is -0.399 e. The van der Waals surface area contributed by atoms with Gasteiger partial charge in [0.05, 0.1) is 5.56 Å². The molecule has 4 heteroatoms. The summed E-state index contributed by atoms with van der Waals surface area (Å²) in [4.78, 5) is 14.1. The number of nitrogens with two attached hydrogens (primary N) is 1. The van der Waals surface area contributed by atoms with Crippen LogP contribution in [0.4, 0.5) is 10.1 Å². The van der Waals surface area contributed by atoms with Crippen LogP contribution in [0, 0.1) is 18.7 Å². The van der Waals surface area contributed by atoms with Gasteiger partial charge in [0.15, 0.2) is 0 Å². The Morgan fingerprint density at radius 2 is 2.26 bits per heavy atom. The number of halogens is 1. The highest BCUT2D eigenvalue weighted by atomic mass is 19.1. The Hall–Kier alpha value is -1.58. The van der Waals surface area contributed by atoms with E-state index >= 15 is 0 Å². The molecule has 1 aromatic rings. The van der Waals surface area contributed by atoms with Crippen molar-refractivity contribution in [2.24, 2.45) is 5.92 Å². The van der Waals surface area contributed by atoms with E-state index in [0.29, 0.717) is 17.2 Å². The van der Waals surface area contributed by atoms with E-state index in [1.165, 1.54) is 6.07 Å². The SMILES string of the molecule is CCCC1CCN(C(=O)c2cc(N)cc(C)c2F)C1. The molecule has 1 aromatic carbocycles. The number of amides is 1. The van der Waals surface area contributed by atoms with Crippen LogP contribution in [0.1, 0.15) is 42.1 Å². The van der Waals surface area contributed by atoms with Crippen LogP contribution in [0.2, 0.25) is 0 Å². The number of aryl methyl sites for hydroxylation is 1. The Balaban J connectivity index is 2.17. The van der Waals surface area contributed by atoms with Crippen LogP contribution in [-0.2, 0) is 0 Å². The summed E-state index contributed by atoms with van der Waals surface area (Å²) in [7, 11) is 0. The van der Waals surface area contributed by atoms with Crippen molar-refractivity contribution < 1.29 is 9.18 Å². The van der Waals surface area contributed by atoms with Gasteiger partial charge in [-0.05, 0) is 43.4 Å². The number of hydrogen-bond donors (Lipinski definition) is 1. The molecule has 1 aliphatic heterocycles. The minimum atomic E-state index is -0.446. The van der Waals surface area contributed by atoms with Crippen LogP contribution in [0.15, 0.2) is 12.1 Å². The van der Waals surface area contributed by atoms with Gasteiger partial charge in [0.2, 0.25) is 0 Å². The number of carbonyl (C=O) groups is 1. The lowest BCUT2D eigenvalue weighted by atomic mass is 10.0. The molecule has 1 atom stereocenters. The molecule has 1 fully saturated rings. The lowest BCUT2D eigenvalue weighted by molar-refractivity contribution is 0.0781.